The van der Waals surface area contributed by atoms with E-state index < -0.39 is 0 Å². The summed E-state index contributed by atoms with van der Waals surface area (Å²) in [6.07, 6.45) is 7.29. The van der Waals surface area contributed by atoms with Crippen LogP contribution in [0.25, 0.3) is 0 Å². The normalized spacial score (nSPS) is 12.4. The van der Waals surface area contributed by atoms with E-state index in [9.17, 15) is 0 Å². The van der Waals surface area contributed by atoms with Crippen LogP contribution in [0.1, 0.15) is 28.6 Å². The fourth-order valence-corrected chi connectivity index (χ4v) is 1.77. The maximum absolute atomic E-state index is 4.40. The third-order valence-corrected chi connectivity index (χ3v) is 2.61. The summed E-state index contributed by atoms with van der Waals surface area (Å²) >= 11 is 0. The fourth-order valence-electron chi connectivity index (χ4n) is 1.77. The predicted octanol–water partition coefficient (Wildman–Crippen LogP) is 1.80. The van der Waals surface area contributed by atoms with Gasteiger partial charge >= 0.3 is 0 Å². The van der Waals surface area contributed by atoms with Crippen LogP contribution in [0.5, 0.6) is 0 Å². The fraction of sp³-hybridized carbons (Fsp3) is 0.308. The molecule has 0 fully saturated rings. The molecule has 4 nitrogen and oxygen atoms in total. The van der Waals surface area contributed by atoms with Crippen LogP contribution in [0, 0.1) is 13.8 Å². The zero-order valence-corrected chi connectivity index (χ0v) is 10.3. The lowest BCUT2D eigenvalue weighted by Crippen LogP contribution is -2.19. The van der Waals surface area contributed by atoms with Crippen LogP contribution in [0.3, 0.4) is 0 Å². The van der Waals surface area contributed by atoms with Crippen molar-refractivity contribution in [2.45, 2.75) is 19.9 Å². The molecule has 1 atom stereocenters. The largest absolute Gasteiger partial charge is 0.308 e. The van der Waals surface area contributed by atoms with Gasteiger partial charge in [-0.3, -0.25) is 15.0 Å². The van der Waals surface area contributed by atoms with Gasteiger partial charge in [0.25, 0.3) is 0 Å². The minimum Gasteiger partial charge on any atom is -0.308 e. The summed E-state index contributed by atoms with van der Waals surface area (Å²) < 4.78 is 0. The Morgan fingerprint density at radius 3 is 2.47 bits per heavy atom. The Balaban J connectivity index is 2.36. The Hall–Kier alpha value is -1.81. The zero-order valence-electron chi connectivity index (χ0n) is 10.3. The number of nitrogens with zero attached hydrogens (tertiary/aromatic N) is 3. The average molecular weight is 228 g/mol. The zero-order chi connectivity index (χ0) is 12.3. The average Bonchev–Trinajstić information content (AvgIpc) is 2.33. The van der Waals surface area contributed by atoms with E-state index >= 15 is 0 Å². The number of aromatic nitrogens is 3. The van der Waals surface area contributed by atoms with Gasteiger partial charge in [0.1, 0.15) is 0 Å². The Kier molecular flexibility index (Phi) is 3.44. The first kappa shape index (κ1) is 11.7. The van der Waals surface area contributed by atoms with Crippen molar-refractivity contribution >= 4 is 0 Å². The van der Waals surface area contributed by atoms with Gasteiger partial charge in [-0.15, -0.1) is 0 Å². The number of pyridine rings is 1. The molecule has 0 saturated heterocycles. The minimum atomic E-state index is 0.0375. The molecule has 2 aromatic rings. The number of rotatable bonds is 3. The highest BCUT2D eigenvalue weighted by Crippen LogP contribution is 2.19. The second kappa shape index (κ2) is 5.01. The van der Waals surface area contributed by atoms with E-state index in [1.54, 1.807) is 12.4 Å². The van der Waals surface area contributed by atoms with Crippen LogP contribution in [-0.2, 0) is 0 Å². The van der Waals surface area contributed by atoms with Gasteiger partial charge in [0.15, 0.2) is 0 Å². The first-order valence-electron chi connectivity index (χ1n) is 5.58. The summed E-state index contributed by atoms with van der Waals surface area (Å²) in [5.41, 5.74) is 4.07. The highest BCUT2D eigenvalue weighted by molar-refractivity contribution is 5.26. The predicted molar refractivity (Wildman–Crippen MR) is 66.6 cm³/mol. The van der Waals surface area contributed by atoms with E-state index in [2.05, 4.69) is 26.3 Å². The van der Waals surface area contributed by atoms with Gasteiger partial charge in [0.05, 0.1) is 23.6 Å². The third kappa shape index (κ3) is 2.65. The first-order chi connectivity index (χ1) is 8.20. The van der Waals surface area contributed by atoms with E-state index in [4.69, 9.17) is 0 Å². The summed E-state index contributed by atoms with van der Waals surface area (Å²) in [5.74, 6) is 0. The van der Waals surface area contributed by atoms with Gasteiger partial charge in [-0.1, -0.05) is 6.07 Å². The molecule has 1 N–H and O–H groups in total. The molecular weight excluding hydrogens is 212 g/mol. The molecule has 0 spiro atoms. The van der Waals surface area contributed by atoms with Gasteiger partial charge in [-0.05, 0) is 32.0 Å². The lowest BCUT2D eigenvalue weighted by Gasteiger charge is -2.15. The Morgan fingerprint density at radius 2 is 1.88 bits per heavy atom. The molecule has 2 heterocycles. The van der Waals surface area contributed by atoms with Crippen LogP contribution >= 0.6 is 0 Å². The number of hydrogen-bond donors (Lipinski definition) is 1. The summed E-state index contributed by atoms with van der Waals surface area (Å²) in [6, 6.07) is 2.14. The standard InChI is InChI=1S/C13H16N4/c1-9-4-11(7-15-5-9)13(14-3)12-8-16-10(2)6-17-12/h4-8,13-14H,1-3H3. The third-order valence-electron chi connectivity index (χ3n) is 2.61. The van der Waals surface area contributed by atoms with Gasteiger partial charge in [-0.2, -0.15) is 0 Å². The van der Waals surface area contributed by atoms with Crippen molar-refractivity contribution in [2.75, 3.05) is 7.05 Å². The molecule has 0 aliphatic rings. The summed E-state index contributed by atoms with van der Waals surface area (Å²) in [6.45, 7) is 3.96. The second-order valence-electron chi connectivity index (χ2n) is 4.10. The Bertz CT molecular complexity index is 493. The monoisotopic (exact) mass is 228 g/mol. The highest BCUT2D eigenvalue weighted by atomic mass is 14.9. The first-order valence-corrected chi connectivity index (χ1v) is 5.58. The van der Waals surface area contributed by atoms with Gasteiger partial charge in [0.2, 0.25) is 0 Å². The van der Waals surface area contributed by atoms with Gasteiger partial charge < -0.3 is 5.32 Å². The number of aryl methyl sites for hydroxylation is 2. The molecule has 1 unspecified atom stereocenters. The van der Waals surface area contributed by atoms with E-state index in [0.717, 1.165) is 22.5 Å². The number of nitrogens with one attached hydrogen (secondary N) is 1. The Labute approximate surface area is 101 Å². The molecule has 0 bridgehead atoms. The summed E-state index contributed by atoms with van der Waals surface area (Å²) in [4.78, 5) is 12.9. The molecular formula is C13H16N4. The van der Waals surface area contributed by atoms with Crippen molar-refractivity contribution in [3.63, 3.8) is 0 Å². The highest BCUT2D eigenvalue weighted by Gasteiger charge is 2.13. The molecule has 17 heavy (non-hydrogen) atoms. The van der Waals surface area contributed by atoms with Crippen LogP contribution in [0.4, 0.5) is 0 Å². The molecule has 88 valence electrons. The summed E-state index contributed by atoms with van der Waals surface area (Å²) in [5, 5.41) is 3.24. The van der Waals surface area contributed by atoms with Gasteiger partial charge in [0, 0.05) is 18.6 Å². The molecule has 2 aromatic heterocycles. The second-order valence-corrected chi connectivity index (χ2v) is 4.10. The SMILES string of the molecule is CNC(c1cncc(C)c1)c1cnc(C)cn1. The van der Waals surface area contributed by atoms with Crippen LogP contribution in [-0.4, -0.2) is 22.0 Å². The Morgan fingerprint density at radius 1 is 1.06 bits per heavy atom. The van der Waals surface area contributed by atoms with Crippen molar-refractivity contribution in [1.82, 2.24) is 20.3 Å². The lowest BCUT2D eigenvalue weighted by molar-refractivity contribution is 0.662. The lowest BCUT2D eigenvalue weighted by atomic mass is 10.1. The number of hydrogen-bond acceptors (Lipinski definition) is 4. The maximum Gasteiger partial charge on any atom is 0.0802 e. The van der Waals surface area contributed by atoms with Crippen molar-refractivity contribution in [3.05, 3.63) is 53.4 Å². The molecule has 0 aromatic carbocycles. The molecule has 2 rings (SSSR count). The minimum absolute atomic E-state index is 0.0375. The molecule has 0 saturated carbocycles. The van der Waals surface area contributed by atoms with Crippen LogP contribution < -0.4 is 5.32 Å². The quantitative estimate of drug-likeness (QED) is 0.870. The molecule has 0 aliphatic carbocycles. The maximum atomic E-state index is 4.40. The smallest absolute Gasteiger partial charge is 0.0802 e. The van der Waals surface area contributed by atoms with E-state index in [1.165, 1.54) is 0 Å². The van der Waals surface area contributed by atoms with Crippen molar-refractivity contribution in [3.8, 4) is 0 Å². The van der Waals surface area contributed by atoms with E-state index in [1.807, 2.05) is 33.3 Å². The molecule has 4 heteroatoms. The summed E-state index contributed by atoms with van der Waals surface area (Å²) in [7, 11) is 1.91. The molecule has 0 aliphatic heterocycles. The topological polar surface area (TPSA) is 50.7 Å². The van der Waals surface area contributed by atoms with E-state index in [0.29, 0.717) is 0 Å². The van der Waals surface area contributed by atoms with E-state index in [-0.39, 0.29) is 6.04 Å². The van der Waals surface area contributed by atoms with Crippen molar-refractivity contribution in [2.24, 2.45) is 0 Å². The van der Waals surface area contributed by atoms with Crippen molar-refractivity contribution in [1.29, 1.82) is 0 Å². The van der Waals surface area contributed by atoms with Gasteiger partial charge in [-0.25, -0.2) is 0 Å². The van der Waals surface area contributed by atoms with Crippen LogP contribution in [0.2, 0.25) is 0 Å². The molecule has 0 amide bonds. The van der Waals surface area contributed by atoms with Crippen molar-refractivity contribution < 1.29 is 0 Å². The van der Waals surface area contributed by atoms with Crippen LogP contribution in [0.15, 0.2) is 30.9 Å². The molecule has 0 radical (unpaired) electrons.